The molecule has 20 heavy (non-hydrogen) atoms. The van der Waals surface area contributed by atoms with E-state index in [1.807, 2.05) is 0 Å². The van der Waals surface area contributed by atoms with Crippen molar-refractivity contribution in [1.82, 2.24) is 0 Å². The lowest BCUT2D eigenvalue weighted by atomic mass is 10.0. The summed E-state index contributed by atoms with van der Waals surface area (Å²) in [6, 6.07) is 0. The Morgan fingerprint density at radius 1 is 0.900 bits per heavy atom. The lowest BCUT2D eigenvalue weighted by Gasteiger charge is -2.11. The van der Waals surface area contributed by atoms with Gasteiger partial charge in [0, 0.05) is 6.92 Å². The van der Waals surface area contributed by atoms with Gasteiger partial charge in [0.1, 0.15) is 0 Å². The number of carboxylic acids is 1. The van der Waals surface area contributed by atoms with E-state index in [1.165, 1.54) is 51.9 Å². The van der Waals surface area contributed by atoms with Crippen molar-refractivity contribution in [2.75, 3.05) is 0 Å². The molecule has 0 aromatic heterocycles. The zero-order valence-electron chi connectivity index (χ0n) is 13.0. The second kappa shape index (κ2) is 12.9. The van der Waals surface area contributed by atoms with Gasteiger partial charge >= 0.3 is 11.9 Å². The SMILES string of the molecule is CCCCCCCCCCCCC(OC(C)=O)C(=O)O. The molecule has 0 fully saturated rings. The van der Waals surface area contributed by atoms with Gasteiger partial charge in [0.25, 0.3) is 0 Å². The summed E-state index contributed by atoms with van der Waals surface area (Å²) in [7, 11) is 0. The molecule has 0 bridgehead atoms. The molecule has 0 saturated carbocycles. The van der Waals surface area contributed by atoms with Crippen molar-refractivity contribution in [2.45, 2.75) is 90.6 Å². The Balaban J connectivity index is 3.41. The van der Waals surface area contributed by atoms with Crippen LogP contribution in [0.1, 0.15) is 84.5 Å². The molecule has 0 aliphatic carbocycles. The van der Waals surface area contributed by atoms with Crippen molar-refractivity contribution in [1.29, 1.82) is 0 Å². The number of carbonyl (C=O) groups is 2. The maximum atomic E-state index is 10.8. The maximum absolute atomic E-state index is 10.8. The first kappa shape index (κ1) is 18.9. The van der Waals surface area contributed by atoms with Gasteiger partial charge in [0.15, 0.2) is 6.10 Å². The van der Waals surface area contributed by atoms with Crippen LogP contribution in [0.5, 0.6) is 0 Å². The monoisotopic (exact) mass is 286 g/mol. The molecular weight excluding hydrogens is 256 g/mol. The molecule has 0 aromatic carbocycles. The van der Waals surface area contributed by atoms with Gasteiger partial charge < -0.3 is 9.84 Å². The van der Waals surface area contributed by atoms with Crippen molar-refractivity contribution < 1.29 is 19.4 Å². The van der Waals surface area contributed by atoms with E-state index in [-0.39, 0.29) is 0 Å². The Labute approximate surface area is 122 Å². The van der Waals surface area contributed by atoms with Crippen molar-refractivity contribution in [2.24, 2.45) is 0 Å². The van der Waals surface area contributed by atoms with Crippen molar-refractivity contribution in [3.63, 3.8) is 0 Å². The molecule has 1 atom stereocenters. The molecule has 0 amide bonds. The molecular formula is C16H30O4. The van der Waals surface area contributed by atoms with E-state index in [2.05, 4.69) is 6.92 Å². The minimum Gasteiger partial charge on any atom is -0.479 e. The van der Waals surface area contributed by atoms with Crippen LogP contribution >= 0.6 is 0 Å². The molecule has 1 N–H and O–H groups in total. The van der Waals surface area contributed by atoms with Gasteiger partial charge in [-0.2, -0.15) is 0 Å². The average Bonchev–Trinajstić information content (AvgIpc) is 2.39. The molecule has 4 nitrogen and oxygen atoms in total. The minimum atomic E-state index is -1.05. The van der Waals surface area contributed by atoms with E-state index in [0.717, 1.165) is 19.3 Å². The average molecular weight is 286 g/mol. The van der Waals surface area contributed by atoms with Crippen molar-refractivity contribution in [3.8, 4) is 0 Å². The molecule has 0 rings (SSSR count). The highest BCUT2D eigenvalue weighted by Crippen LogP contribution is 2.13. The van der Waals surface area contributed by atoms with Gasteiger partial charge in [-0.1, -0.05) is 64.7 Å². The standard InChI is InChI=1S/C16H30O4/c1-3-4-5-6-7-8-9-10-11-12-13-15(16(18)19)20-14(2)17/h15H,3-13H2,1-2H3,(H,18,19). The predicted molar refractivity (Wildman–Crippen MR) is 79.7 cm³/mol. The van der Waals surface area contributed by atoms with E-state index >= 15 is 0 Å². The largest absolute Gasteiger partial charge is 0.479 e. The van der Waals surface area contributed by atoms with Crippen LogP contribution in [-0.2, 0) is 14.3 Å². The quantitative estimate of drug-likeness (QED) is 0.404. The van der Waals surface area contributed by atoms with E-state index in [9.17, 15) is 9.59 Å². The Bertz CT molecular complexity index is 263. The highest BCUT2D eigenvalue weighted by atomic mass is 16.6. The lowest BCUT2D eigenvalue weighted by molar-refractivity contribution is -0.163. The maximum Gasteiger partial charge on any atom is 0.345 e. The van der Waals surface area contributed by atoms with Crippen LogP contribution < -0.4 is 0 Å². The number of rotatable bonds is 13. The summed E-state index contributed by atoms with van der Waals surface area (Å²) in [6.07, 6.45) is 11.5. The number of unbranched alkanes of at least 4 members (excludes halogenated alkanes) is 9. The second-order valence-electron chi connectivity index (χ2n) is 5.41. The number of esters is 1. The van der Waals surface area contributed by atoms with Gasteiger partial charge in [-0.25, -0.2) is 4.79 Å². The zero-order valence-corrected chi connectivity index (χ0v) is 13.0. The fourth-order valence-corrected chi connectivity index (χ4v) is 2.25. The first-order valence-electron chi connectivity index (χ1n) is 7.98. The summed E-state index contributed by atoms with van der Waals surface area (Å²) in [6.45, 7) is 3.47. The number of hydrogen-bond donors (Lipinski definition) is 1. The van der Waals surface area contributed by atoms with Crippen LogP contribution in [0.25, 0.3) is 0 Å². The molecule has 0 spiro atoms. The molecule has 0 heterocycles. The second-order valence-corrected chi connectivity index (χ2v) is 5.41. The fraction of sp³-hybridized carbons (Fsp3) is 0.875. The van der Waals surface area contributed by atoms with Crippen LogP contribution in [0.4, 0.5) is 0 Å². The molecule has 0 radical (unpaired) electrons. The lowest BCUT2D eigenvalue weighted by Crippen LogP contribution is -2.25. The van der Waals surface area contributed by atoms with Crippen LogP contribution in [0.3, 0.4) is 0 Å². The molecule has 1 unspecified atom stereocenters. The van der Waals surface area contributed by atoms with Gasteiger partial charge in [-0.05, 0) is 12.8 Å². The topological polar surface area (TPSA) is 63.6 Å². The first-order valence-corrected chi connectivity index (χ1v) is 7.98. The first-order chi connectivity index (χ1) is 9.57. The Morgan fingerprint density at radius 2 is 1.35 bits per heavy atom. The van der Waals surface area contributed by atoms with Crippen LogP contribution in [0.2, 0.25) is 0 Å². The van der Waals surface area contributed by atoms with Crippen LogP contribution in [0.15, 0.2) is 0 Å². The minimum absolute atomic E-state index is 0.422. The summed E-state index contributed by atoms with van der Waals surface area (Å²) in [5.41, 5.74) is 0. The fourth-order valence-electron chi connectivity index (χ4n) is 2.25. The van der Waals surface area contributed by atoms with Gasteiger partial charge in [-0.15, -0.1) is 0 Å². The zero-order chi connectivity index (χ0) is 15.2. The molecule has 0 aliphatic heterocycles. The molecule has 0 aromatic rings. The van der Waals surface area contributed by atoms with Gasteiger partial charge in [-0.3, -0.25) is 4.79 Å². The Kier molecular flexibility index (Phi) is 12.3. The van der Waals surface area contributed by atoms with Gasteiger partial charge in [0.05, 0.1) is 0 Å². The number of carboxylic acid groups (broad SMARTS) is 1. The third kappa shape index (κ3) is 12.0. The molecule has 4 heteroatoms. The van der Waals surface area contributed by atoms with Crippen LogP contribution in [-0.4, -0.2) is 23.1 Å². The molecule has 0 saturated heterocycles. The summed E-state index contributed by atoms with van der Waals surface area (Å²) >= 11 is 0. The normalized spacial score (nSPS) is 12.1. The van der Waals surface area contributed by atoms with E-state index < -0.39 is 18.0 Å². The summed E-state index contributed by atoms with van der Waals surface area (Å²) < 4.78 is 4.76. The predicted octanol–water partition coefficient (Wildman–Crippen LogP) is 4.31. The number of aliphatic carboxylic acids is 1. The number of hydrogen-bond acceptors (Lipinski definition) is 3. The number of carbonyl (C=O) groups excluding carboxylic acids is 1. The number of ether oxygens (including phenoxy) is 1. The highest BCUT2D eigenvalue weighted by Gasteiger charge is 2.19. The third-order valence-corrected chi connectivity index (χ3v) is 3.40. The summed E-state index contributed by atoms with van der Waals surface area (Å²) in [5, 5.41) is 8.89. The van der Waals surface area contributed by atoms with Crippen LogP contribution in [0, 0.1) is 0 Å². The van der Waals surface area contributed by atoms with Crippen molar-refractivity contribution in [3.05, 3.63) is 0 Å². The summed E-state index contributed by atoms with van der Waals surface area (Å²) in [5.74, 6) is -1.57. The van der Waals surface area contributed by atoms with E-state index in [4.69, 9.17) is 9.84 Å². The molecule has 118 valence electrons. The van der Waals surface area contributed by atoms with Gasteiger partial charge in [0.2, 0.25) is 0 Å². The smallest absolute Gasteiger partial charge is 0.345 e. The highest BCUT2D eigenvalue weighted by molar-refractivity contribution is 5.76. The van der Waals surface area contributed by atoms with Crippen molar-refractivity contribution >= 4 is 11.9 Å². The Morgan fingerprint density at radius 3 is 1.75 bits per heavy atom. The van der Waals surface area contributed by atoms with E-state index in [0.29, 0.717) is 6.42 Å². The Hall–Kier alpha value is -1.06. The van der Waals surface area contributed by atoms with E-state index in [1.54, 1.807) is 0 Å². The third-order valence-electron chi connectivity index (χ3n) is 3.40. The molecule has 0 aliphatic rings. The summed E-state index contributed by atoms with van der Waals surface area (Å²) in [4.78, 5) is 21.6.